The van der Waals surface area contributed by atoms with Gasteiger partial charge < -0.3 is 15.3 Å². The van der Waals surface area contributed by atoms with Gasteiger partial charge in [-0.15, -0.1) is 6.42 Å². The monoisotopic (exact) mass is 286 g/mol. The minimum atomic E-state index is -0.678. The molecule has 2 amide bonds. The minimum absolute atomic E-state index is 0.0373. The topological polar surface area (TPSA) is 69.6 Å². The van der Waals surface area contributed by atoms with Crippen LogP contribution < -0.4 is 5.32 Å². The molecule has 1 aliphatic rings. The Hall–Kier alpha value is -2.32. The fourth-order valence-electron chi connectivity index (χ4n) is 2.41. The summed E-state index contributed by atoms with van der Waals surface area (Å²) in [6.45, 7) is 1.01. The van der Waals surface area contributed by atoms with E-state index in [0.29, 0.717) is 24.3 Å². The molecule has 2 N–H and O–H groups in total. The molecule has 1 fully saturated rings. The highest BCUT2D eigenvalue weighted by molar-refractivity contribution is 6.39. The lowest BCUT2D eigenvalue weighted by Crippen LogP contribution is -2.45. The summed E-state index contributed by atoms with van der Waals surface area (Å²) in [5.74, 6) is 1.28. The molecule has 1 atom stereocenters. The highest BCUT2D eigenvalue weighted by Gasteiger charge is 2.27. The summed E-state index contributed by atoms with van der Waals surface area (Å²) in [6, 6.07) is 6.78. The zero-order valence-electron chi connectivity index (χ0n) is 11.7. The molecule has 0 aromatic heterocycles. The van der Waals surface area contributed by atoms with Crippen molar-refractivity contribution < 1.29 is 14.7 Å². The van der Waals surface area contributed by atoms with Crippen LogP contribution >= 0.6 is 0 Å². The van der Waals surface area contributed by atoms with Crippen molar-refractivity contribution in [3.05, 3.63) is 29.8 Å². The molecule has 1 saturated heterocycles. The molecular formula is C16H18N2O3. The first kappa shape index (κ1) is 15.1. The number of anilines is 1. The molecule has 2 rings (SSSR count). The standard InChI is InChI=1S/C16H18N2O3/c1-2-12-5-3-7-14(9-12)17-15(20)16(21)18-8-4-6-13(10-18)11-19/h1,3,5,7,9,13,19H,4,6,8,10-11H2,(H,17,20). The molecule has 0 bridgehead atoms. The molecule has 0 radical (unpaired) electrons. The molecule has 1 aliphatic heterocycles. The number of terminal acetylenes is 1. The van der Waals surface area contributed by atoms with Gasteiger partial charge in [-0.3, -0.25) is 9.59 Å². The Labute approximate surface area is 124 Å². The van der Waals surface area contributed by atoms with Gasteiger partial charge in [-0.1, -0.05) is 12.0 Å². The molecule has 0 aliphatic carbocycles. The molecule has 21 heavy (non-hydrogen) atoms. The number of aliphatic hydroxyl groups is 1. The summed E-state index contributed by atoms with van der Waals surface area (Å²) in [5.41, 5.74) is 1.14. The lowest BCUT2D eigenvalue weighted by Gasteiger charge is -2.31. The Kier molecular flexibility index (Phi) is 4.96. The normalized spacial score (nSPS) is 17.9. The number of nitrogens with zero attached hydrogens (tertiary/aromatic N) is 1. The van der Waals surface area contributed by atoms with Gasteiger partial charge in [0.15, 0.2) is 0 Å². The van der Waals surface area contributed by atoms with Crippen molar-refractivity contribution in [2.24, 2.45) is 5.92 Å². The van der Waals surface area contributed by atoms with E-state index in [1.807, 2.05) is 0 Å². The molecule has 1 heterocycles. The second-order valence-electron chi connectivity index (χ2n) is 5.12. The first-order chi connectivity index (χ1) is 10.1. The highest BCUT2D eigenvalue weighted by Crippen LogP contribution is 2.16. The smallest absolute Gasteiger partial charge is 0.313 e. The lowest BCUT2D eigenvalue weighted by atomic mass is 9.99. The average molecular weight is 286 g/mol. The van der Waals surface area contributed by atoms with Gasteiger partial charge in [0.1, 0.15) is 0 Å². The molecule has 110 valence electrons. The molecular weight excluding hydrogens is 268 g/mol. The Bertz CT molecular complexity index is 577. The SMILES string of the molecule is C#Cc1cccc(NC(=O)C(=O)N2CCCC(CO)C2)c1. The van der Waals surface area contributed by atoms with Crippen LogP contribution in [0.3, 0.4) is 0 Å². The molecule has 1 unspecified atom stereocenters. The van der Waals surface area contributed by atoms with Gasteiger partial charge in [-0.2, -0.15) is 0 Å². The van der Waals surface area contributed by atoms with Crippen molar-refractivity contribution in [2.45, 2.75) is 12.8 Å². The fourth-order valence-corrected chi connectivity index (χ4v) is 2.41. The van der Waals surface area contributed by atoms with Gasteiger partial charge in [0, 0.05) is 30.9 Å². The Balaban J connectivity index is 1.99. The van der Waals surface area contributed by atoms with Crippen LogP contribution in [0.5, 0.6) is 0 Å². The number of carbonyl (C=O) groups excluding carboxylic acids is 2. The van der Waals surface area contributed by atoms with Crippen LogP contribution in [0.15, 0.2) is 24.3 Å². The molecule has 5 nitrogen and oxygen atoms in total. The molecule has 0 saturated carbocycles. The minimum Gasteiger partial charge on any atom is -0.396 e. The lowest BCUT2D eigenvalue weighted by molar-refractivity contribution is -0.144. The summed E-state index contributed by atoms with van der Waals surface area (Å²) in [7, 11) is 0. The maximum absolute atomic E-state index is 12.1. The number of amides is 2. The quantitative estimate of drug-likeness (QED) is 0.625. The van der Waals surface area contributed by atoms with Gasteiger partial charge in [-0.25, -0.2) is 0 Å². The Morgan fingerprint density at radius 1 is 1.48 bits per heavy atom. The summed E-state index contributed by atoms with van der Waals surface area (Å²) in [6.07, 6.45) is 6.98. The van der Waals surface area contributed by atoms with Gasteiger partial charge in [0.05, 0.1) is 0 Å². The average Bonchev–Trinajstić information content (AvgIpc) is 2.54. The molecule has 0 spiro atoms. The van der Waals surface area contributed by atoms with E-state index in [2.05, 4.69) is 11.2 Å². The van der Waals surface area contributed by atoms with Crippen LogP contribution in [0, 0.1) is 18.3 Å². The largest absolute Gasteiger partial charge is 0.396 e. The van der Waals surface area contributed by atoms with Gasteiger partial charge in [-0.05, 0) is 37.0 Å². The summed E-state index contributed by atoms with van der Waals surface area (Å²) >= 11 is 0. The maximum Gasteiger partial charge on any atom is 0.313 e. The number of hydrogen-bond donors (Lipinski definition) is 2. The van der Waals surface area contributed by atoms with Crippen LogP contribution in [0.4, 0.5) is 5.69 Å². The van der Waals surface area contributed by atoms with E-state index < -0.39 is 11.8 Å². The number of carbonyl (C=O) groups is 2. The summed E-state index contributed by atoms with van der Waals surface area (Å²) < 4.78 is 0. The Morgan fingerprint density at radius 3 is 3.00 bits per heavy atom. The van der Waals surface area contributed by atoms with E-state index in [-0.39, 0.29) is 12.5 Å². The molecule has 1 aromatic rings. The van der Waals surface area contributed by atoms with Crippen LogP contribution in [-0.2, 0) is 9.59 Å². The number of nitrogens with one attached hydrogen (secondary N) is 1. The predicted octanol–water partition coefficient (Wildman–Crippen LogP) is 0.837. The predicted molar refractivity (Wildman–Crippen MR) is 79.4 cm³/mol. The van der Waals surface area contributed by atoms with Gasteiger partial charge in [0.2, 0.25) is 0 Å². The van der Waals surface area contributed by atoms with Crippen LogP contribution in [0.1, 0.15) is 18.4 Å². The Morgan fingerprint density at radius 2 is 2.29 bits per heavy atom. The maximum atomic E-state index is 12.1. The highest BCUT2D eigenvalue weighted by atomic mass is 16.3. The first-order valence-corrected chi connectivity index (χ1v) is 6.92. The van der Waals surface area contributed by atoms with Crippen molar-refractivity contribution in [1.29, 1.82) is 0 Å². The number of hydrogen-bond acceptors (Lipinski definition) is 3. The number of aliphatic hydroxyl groups excluding tert-OH is 1. The summed E-state index contributed by atoms with van der Waals surface area (Å²) in [5, 5.41) is 11.7. The van der Waals surface area contributed by atoms with E-state index in [9.17, 15) is 9.59 Å². The van der Waals surface area contributed by atoms with Crippen LogP contribution in [0.25, 0.3) is 0 Å². The van der Waals surface area contributed by atoms with Gasteiger partial charge in [0.25, 0.3) is 0 Å². The number of likely N-dealkylation sites (tertiary alicyclic amines) is 1. The molecule has 5 heteroatoms. The number of benzene rings is 1. The second-order valence-corrected chi connectivity index (χ2v) is 5.12. The van der Waals surface area contributed by atoms with E-state index in [1.54, 1.807) is 24.3 Å². The van der Waals surface area contributed by atoms with E-state index in [4.69, 9.17) is 11.5 Å². The fraction of sp³-hybridized carbons (Fsp3) is 0.375. The van der Waals surface area contributed by atoms with Crippen LogP contribution in [0.2, 0.25) is 0 Å². The zero-order valence-corrected chi connectivity index (χ0v) is 11.7. The van der Waals surface area contributed by atoms with Crippen molar-refractivity contribution in [3.63, 3.8) is 0 Å². The van der Waals surface area contributed by atoms with E-state index in [0.717, 1.165) is 12.8 Å². The van der Waals surface area contributed by atoms with Crippen LogP contribution in [-0.4, -0.2) is 41.5 Å². The van der Waals surface area contributed by atoms with Crippen molar-refractivity contribution >= 4 is 17.5 Å². The van der Waals surface area contributed by atoms with E-state index >= 15 is 0 Å². The second kappa shape index (κ2) is 6.91. The van der Waals surface area contributed by atoms with E-state index in [1.165, 1.54) is 4.90 Å². The summed E-state index contributed by atoms with van der Waals surface area (Å²) in [4.78, 5) is 25.6. The molecule has 1 aromatic carbocycles. The third-order valence-corrected chi connectivity index (χ3v) is 3.55. The van der Waals surface area contributed by atoms with Crippen molar-refractivity contribution in [1.82, 2.24) is 4.90 Å². The van der Waals surface area contributed by atoms with Crippen molar-refractivity contribution in [3.8, 4) is 12.3 Å². The first-order valence-electron chi connectivity index (χ1n) is 6.92. The number of rotatable bonds is 2. The van der Waals surface area contributed by atoms with Crippen molar-refractivity contribution in [2.75, 3.05) is 25.0 Å². The third kappa shape index (κ3) is 3.83. The zero-order chi connectivity index (χ0) is 15.2. The number of piperidine rings is 1. The third-order valence-electron chi connectivity index (χ3n) is 3.55. The van der Waals surface area contributed by atoms with Gasteiger partial charge >= 0.3 is 11.8 Å².